The van der Waals surface area contributed by atoms with Crippen molar-refractivity contribution in [3.8, 4) is 28.4 Å². The van der Waals surface area contributed by atoms with Gasteiger partial charge in [0.2, 0.25) is 0 Å². The number of benzene rings is 2. The second-order valence-corrected chi connectivity index (χ2v) is 6.40. The molecular weight excluding hydrogens is 437 g/mol. The van der Waals surface area contributed by atoms with Crippen molar-refractivity contribution < 1.29 is 62.1 Å². The van der Waals surface area contributed by atoms with Crippen molar-refractivity contribution in [2.24, 2.45) is 7.05 Å². The van der Waals surface area contributed by atoms with E-state index in [2.05, 4.69) is 19.8 Å². The normalized spacial score (nSPS) is 12.1. The fourth-order valence-corrected chi connectivity index (χ4v) is 3.04. The zero-order chi connectivity index (χ0) is 21.7. The maximum absolute atomic E-state index is 12.9. The molecule has 0 aliphatic carbocycles. The quantitative estimate of drug-likeness (QED) is 0.386. The molecule has 0 atom stereocenters. The van der Waals surface area contributed by atoms with Gasteiger partial charge >= 0.3 is 42.1 Å². The monoisotopic (exact) mass is 450 g/mol. The number of aromatic amines is 1. The number of ether oxygens (including phenoxy) is 1. The number of imidazole rings is 1. The molecule has 0 saturated heterocycles. The molecule has 0 aliphatic rings. The molecule has 0 spiro atoms. The van der Waals surface area contributed by atoms with E-state index < -0.39 is 18.2 Å². The first-order chi connectivity index (χ1) is 14.0. The van der Waals surface area contributed by atoms with Gasteiger partial charge in [0.05, 0.1) is 11.0 Å². The van der Waals surface area contributed by atoms with Crippen LogP contribution in [0.1, 0.15) is 7.12 Å². The number of halogens is 6. The maximum atomic E-state index is 12.9. The van der Waals surface area contributed by atoms with Crippen molar-refractivity contribution >= 4 is 11.0 Å². The minimum absolute atomic E-state index is 0. The number of H-pyrrole nitrogens is 1. The Kier molecular flexibility index (Phi) is 6.14. The van der Waals surface area contributed by atoms with E-state index in [4.69, 9.17) is 0 Å². The fraction of sp³-hybridized carbons (Fsp3) is 0.158. The molecule has 0 amide bonds. The van der Waals surface area contributed by atoms with Gasteiger partial charge < -0.3 is 11.1 Å². The summed E-state index contributed by atoms with van der Waals surface area (Å²) < 4.78 is 81.9. The number of aromatic nitrogens is 4. The van der Waals surface area contributed by atoms with E-state index >= 15 is 0 Å². The smallest absolute Gasteiger partial charge is 1.00 e. The van der Waals surface area contributed by atoms with E-state index in [9.17, 15) is 26.3 Å². The van der Waals surface area contributed by atoms with E-state index in [0.29, 0.717) is 16.6 Å². The molecular formula is C19H13F6N4NaO. The Morgan fingerprint density at radius 1 is 1.00 bits per heavy atom. The van der Waals surface area contributed by atoms with E-state index in [1.807, 2.05) is 0 Å². The summed E-state index contributed by atoms with van der Waals surface area (Å²) in [6, 6.07) is 11.2. The molecule has 2 heterocycles. The predicted octanol–water partition coefficient (Wildman–Crippen LogP) is 2.66. The van der Waals surface area contributed by atoms with Gasteiger partial charge in [0.1, 0.15) is 11.4 Å². The molecule has 158 valence electrons. The molecule has 5 nitrogen and oxygen atoms in total. The second kappa shape index (κ2) is 8.21. The van der Waals surface area contributed by atoms with Gasteiger partial charge in [0.15, 0.2) is 11.5 Å². The summed E-state index contributed by atoms with van der Waals surface area (Å²) in [6.07, 6.45) is -9.45. The molecule has 0 radical (unpaired) electrons. The van der Waals surface area contributed by atoms with Gasteiger partial charge in [0, 0.05) is 12.6 Å². The Morgan fingerprint density at radius 2 is 1.71 bits per heavy atom. The summed E-state index contributed by atoms with van der Waals surface area (Å²) >= 11 is 0. The summed E-state index contributed by atoms with van der Waals surface area (Å²) in [5.41, 5.74) is 0.531. The van der Waals surface area contributed by atoms with E-state index in [-0.39, 0.29) is 53.8 Å². The number of nitrogens with one attached hydrogen (secondary N) is 1. The first-order valence-corrected chi connectivity index (χ1v) is 8.48. The number of alkyl halides is 6. The topological polar surface area (TPSA) is 55.7 Å². The molecule has 0 aliphatic heterocycles. The summed E-state index contributed by atoms with van der Waals surface area (Å²) in [6.45, 7) is 0. The standard InChI is InChI=1S/C19H12F6N4O.Na.H/c1-29-14(9-16(28-29)18(20,21)22)17-26-12-7-6-10(8-13(12)27-17)11-4-2-3-5-15(11)30-19(23,24)25;;/h2-9H,1H3,(H,26,27);;/q;+1;-1. The molecule has 2 aromatic carbocycles. The first kappa shape index (κ1) is 23.2. The number of para-hydroxylation sites is 1. The molecule has 0 unspecified atom stereocenters. The third-order valence-electron chi connectivity index (χ3n) is 4.32. The van der Waals surface area contributed by atoms with Gasteiger partial charge in [-0.25, -0.2) is 4.98 Å². The average molecular weight is 450 g/mol. The molecule has 1 N–H and O–H groups in total. The van der Waals surface area contributed by atoms with Gasteiger partial charge in [-0.2, -0.15) is 18.3 Å². The molecule has 12 heteroatoms. The van der Waals surface area contributed by atoms with Crippen LogP contribution >= 0.6 is 0 Å². The number of nitrogens with zero attached hydrogens (tertiary/aromatic N) is 3. The van der Waals surface area contributed by atoms with Crippen LogP contribution in [0.5, 0.6) is 5.75 Å². The number of fused-ring (bicyclic) bond motifs is 1. The van der Waals surface area contributed by atoms with Crippen molar-refractivity contribution in [1.29, 1.82) is 0 Å². The van der Waals surface area contributed by atoms with Gasteiger partial charge in [-0.15, -0.1) is 13.2 Å². The largest absolute Gasteiger partial charge is 1.00 e. The van der Waals surface area contributed by atoms with E-state index in [1.165, 1.54) is 25.2 Å². The van der Waals surface area contributed by atoms with Crippen LogP contribution in [0.2, 0.25) is 0 Å². The third kappa shape index (κ3) is 4.89. The third-order valence-corrected chi connectivity index (χ3v) is 4.32. The van der Waals surface area contributed by atoms with Gasteiger partial charge in [-0.3, -0.25) is 4.68 Å². The van der Waals surface area contributed by atoms with Crippen LogP contribution in [0, 0.1) is 0 Å². The first-order valence-electron chi connectivity index (χ1n) is 8.48. The molecule has 4 rings (SSSR count). The Morgan fingerprint density at radius 3 is 2.35 bits per heavy atom. The van der Waals surface area contributed by atoms with Crippen LogP contribution in [-0.2, 0) is 13.2 Å². The van der Waals surface area contributed by atoms with Crippen molar-refractivity contribution in [2.75, 3.05) is 0 Å². The van der Waals surface area contributed by atoms with Crippen LogP contribution in [-0.4, -0.2) is 26.1 Å². The van der Waals surface area contributed by atoms with E-state index in [1.54, 1.807) is 24.3 Å². The predicted molar refractivity (Wildman–Crippen MR) is 96.5 cm³/mol. The number of rotatable bonds is 3. The Bertz CT molecular complexity index is 1230. The van der Waals surface area contributed by atoms with Gasteiger partial charge in [0.25, 0.3) is 0 Å². The van der Waals surface area contributed by atoms with Gasteiger partial charge in [-0.1, -0.05) is 24.3 Å². The number of hydrogen-bond donors (Lipinski definition) is 1. The fourth-order valence-electron chi connectivity index (χ4n) is 3.04. The van der Waals surface area contributed by atoms with Crippen molar-refractivity contribution in [2.45, 2.75) is 12.5 Å². The zero-order valence-corrected chi connectivity index (χ0v) is 18.1. The number of hydrogen-bond acceptors (Lipinski definition) is 3. The summed E-state index contributed by atoms with van der Waals surface area (Å²) in [4.78, 5) is 7.15. The zero-order valence-electron chi connectivity index (χ0n) is 17.1. The molecule has 0 saturated carbocycles. The Labute approximate surface area is 194 Å². The van der Waals surface area contributed by atoms with Crippen molar-refractivity contribution in [1.82, 2.24) is 19.7 Å². The minimum atomic E-state index is -4.85. The molecule has 0 bridgehead atoms. The SMILES string of the molecule is Cn1nc(C(F)(F)F)cc1-c1nc2ccc(-c3ccccc3OC(F)(F)F)cc2[nH]1.[H-].[Na+]. The van der Waals surface area contributed by atoms with Crippen molar-refractivity contribution in [3.63, 3.8) is 0 Å². The second-order valence-electron chi connectivity index (χ2n) is 6.40. The molecule has 2 aromatic heterocycles. The number of aryl methyl sites for hydroxylation is 1. The van der Waals surface area contributed by atoms with Crippen LogP contribution in [0.4, 0.5) is 26.3 Å². The van der Waals surface area contributed by atoms with Crippen LogP contribution in [0.3, 0.4) is 0 Å². The maximum Gasteiger partial charge on any atom is 1.00 e. The van der Waals surface area contributed by atoms with Crippen LogP contribution in [0.15, 0.2) is 48.5 Å². The Hall–Kier alpha value is -2.50. The molecule has 4 aromatic rings. The summed E-state index contributed by atoms with van der Waals surface area (Å²) in [7, 11) is 1.36. The summed E-state index contributed by atoms with van der Waals surface area (Å²) in [5, 5.41) is 3.45. The average Bonchev–Trinajstić information content (AvgIpc) is 3.23. The van der Waals surface area contributed by atoms with E-state index in [0.717, 1.165) is 10.7 Å². The molecule has 0 fully saturated rings. The minimum Gasteiger partial charge on any atom is -1.00 e. The van der Waals surface area contributed by atoms with Gasteiger partial charge in [-0.05, 0) is 29.8 Å². The van der Waals surface area contributed by atoms with Crippen LogP contribution < -0.4 is 34.3 Å². The Balaban J connectivity index is 0.00000181. The molecule has 31 heavy (non-hydrogen) atoms. The van der Waals surface area contributed by atoms with Crippen molar-refractivity contribution in [3.05, 3.63) is 54.2 Å². The van der Waals surface area contributed by atoms with Crippen LogP contribution in [0.25, 0.3) is 33.7 Å². The summed E-state index contributed by atoms with van der Waals surface area (Å²) in [5.74, 6) is -0.224.